The molecular weight excluding hydrogens is 468 g/mol. The van der Waals surface area contributed by atoms with Crippen LogP contribution in [-0.2, 0) is 14.9 Å². The second-order valence-electron chi connectivity index (χ2n) is 11.0. The quantitative estimate of drug-likeness (QED) is 0.324. The molecule has 0 aliphatic rings. The normalized spacial score (nSPS) is 13.7. The van der Waals surface area contributed by atoms with Crippen molar-refractivity contribution in [2.24, 2.45) is 5.41 Å². The number of aliphatic hydroxyl groups excluding tert-OH is 2. The first-order valence-corrected chi connectivity index (χ1v) is 13.3. The molecule has 2 N–H and O–H groups in total. The second-order valence-corrected chi connectivity index (χ2v) is 11.0. The highest BCUT2D eigenvalue weighted by Gasteiger charge is 2.32. The molecule has 6 nitrogen and oxygen atoms in total. The van der Waals surface area contributed by atoms with E-state index < -0.39 is 12.2 Å². The van der Waals surface area contributed by atoms with Crippen molar-refractivity contribution in [1.82, 2.24) is 0 Å². The largest absolute Gasteiger partial charge is 0.491 e. The molecule has 37 heavy (non-hydrogen) atoms. The molecule has 0 aliphatic heterocycles. The first-order chi connectivity index (χ1) is 17.4. The molecule has 2 aromatic carbocycles. The maximum atomic E-state index is 11.3. The lowest BCUT2D eigenvalue weighted by Crippen LogP contribution is -2.32. The van der Waals surface area contributed by atoms with E-state index >= 15 is 0 Å². The summed E-state index contributed by atoms with van der Waals surface area (Å²) in [6, 6.07) is 12.6. The highest BCUT2D eigenvalue weighted by atomic mass is 16.5. The Bertz CT molecular complexity index is 1020. The molecule has 0 amide bonds. The van der Waals surface area contributed by atoms with Crippen LogP contribution in [0.2, 0.25) is 0 Å². The molecule has 206 valence electrons. The summed E-state index contributed by atoms with van der Waals surface area (Å²) in [5.74, 6) is 1.17. The van der Waals surface area contributed by atoms with E-state index in [1.165, 1.54) is 18.2 Å². The number of esters is 1. The van der Waals surface area contributed by atoms with E-state index in [9.17, 15) is 15.0 Å². The van der Waals surface area contributed by atoms with E-state index in [4.69, 9.17) is 9.47 Å². The van der Waals surface area contributed by atoms with Gasteiger partial charge in [0.15, 0.2) is 0 Å². The lowest BCUT2D eigenvalue weighted by molar-refractivity contribution is -0.141. The number of aryl methyl sites for hydroxylation is 2. The van der Waals surface area contributed by atoms with Crippen LogP contribution in [0.4, 0.5) is 0 Å². The van der Waals surface area contributed by atoms with Crippen LogP contribution in [0.25, 0.3) is 0 Å². The third kappa shape index (κ3) is 7.96. The summed E-state index contributed by atoms with van der Waals surface area (Å²) in [5.41, 5.74) is 4.08. The third-order valence-electron chi connectivity index (χ3n) is 7.40. The monoisotopic (exact) mass is 514 g/mol. The zero-order valence-corrected chi connectivity index (χ0v) is 23.9. The number of benzene rings is 2. The van der Waals surface area contributed by atoms with Gasteiger partial charge in [0, 0.05) is 11.8 Å². The molecule has 0 aliphatic carbocycles. The first kappa shape index (κ1) is 30.7. The second kappa shape index (κ2) is 13.3. The number of hydrogen-bond acceptors (Lipinski definition) is 6. The molecule has 0 saturated heterocycles. The van der Waals surface area contributed by atoms with Gasteiger partial charge in [-0.1, -0.05) is 58.9 Å². The Morgan fingerprint density at radius 1 is 0.865 bits per heavy atom. The molecule has 2 atom stereocenters. The average Bonchev–Trinajstić information content (AvgIpc) is 2.86. The summed E-state index contributed by atoms with van der Waals surface area (Å²) in [6.07, 6.45) is 1.03. The summed E-state index contributed by atoms with van der Waals surface area (Å²) in [7, 11) is 1.34. The molecule has 6 heteroatoms. The van der Waals surface area contributed by atoms with Crippen molar-refractivity contribution in [1.29, 1.82) is 0 Å². The molecule has 0 heterocycles. The topological polar surface area (TPSA) is 85.2 Å². The van der Waals surface area contributed by atoms with E-state index in [-0.39, 0.29) is 36.4 Å². The highest BCUT2D eigenvalue weighted by Crippen LogP contribution is 2.41. The van der Waals surface area contributed by atoms with Crippen molar-refractivity contribution >= 4 is 5.97 Å². The van der Waals surface area contributed by atoms with Crippen LogP contribution >= 0.6 is 0 Å². The van der Waals surface area contributed by atoms with Crippen molar-refractivity contribution in [3.63, 3.8) is 0 Å². The lowest BCUT2D eigenvalue weighted by Gasteiger charge is -2.34. The van der Waals surface area contributed by atoms with Crippen LogP contribution < -0.4 is 9.47 Å². The summed E-state index contributed by atoms with van der Waals surface area (Å²) >= 11 is 0. The maximum Gasteiger partial charge on any atom is 0.305 e. The van der Waals surface area contributed by atoms with Gasteiger partial charge in [0.25, 0.3) is 0 Å². The van der Waals surface area contributed by atoms with Gasteiger partial charge in [-0.3, -0.25) is 4.79 Å². The number of hydrogen-bond donors (Lipinski definition) is 2. The fourth-order valence-electron chi connectivity index (χ4n) is 4.53. The van der Waals surface area contributed by atoms with Gasteiger partial charge in [-0.25, -0.2) is 0 Å². The molecule has 0 fully saturated rings. The van der Waals surface area contributed by atoms with Crippen molar-refractivity contribution in [2.75, 3.05) is 20.3 Å². The van der Waals surface area contributed by atoms with Gasteiger partial charge < -0.3 is 24.4 Å². The molecule has 0 aromatic heterocycles. The standard InChI is InChI=1S/C31H46O6/c1-9-31(10-2,24-12-15-27(22(4)18-24)37-20-28(33)30(5,6)7)23-11-14-26(21(3)17-23)36-19-25(32)13-16-29(34)35-8/h11-12,14-15,17-18,25,28,32-33H,9-10,13,16,19-20H2,1-8H3. The van der Waals surface area contributed by atoms with Gasteiger partial charge in [-0.05, 0) is 72.9 Å². The molecule has 0 bridgehead atoms. The van der Waals surface area contributed by atoms with E-state index in [1.54, 1.807) is 0 Å². The summed E-state index contributed by atoms with van der Waals surface area (Å²) < 4.78 is 16.5. The average molecular weight is 515 g/mol. The lowest BCUT2D eigenvalue weighted by atomic mass is 9.70. The van der Waals surface area contributed by atoms with Crippen LogP contribution in [0, 0.1) is 19.3 Å². The number of ether oxygens (including phenoxy) is 3. The Hall–Kier alpha value is -2.57. The van der Waals surface area contributed by atoms with Crippen molar-refractivity contribution in [3.8, 4) is 11.5 Å². The van der Waals surface area contributed by atoms with E-state index in [1.807, 2.05) is 46.8 Å². The van der Waals surface area contributed by atoms with Crippen molar-refractivity contribution in [2.45, 2.75) is 91.8 Å². The number of rotatable bonds is 13. The van der Waals surface area contributed by atoms with Crippen LogP contribution in [0.1, 0.15) is 82.6 Å². The molecule has 2 aromatic rings. The van der Waals surface area contributed by atoms with Gasteiger partial charge >= 0.3 is 5.97 Å². The predicted molar refractivity (Wildman–Crippen MR) is 147 cm³/mol. The third-order valence-corrected chi connectivity index (χ3v) is 7.40. The van der Waals surface area contributed by atoms with E-state index in [2.05, 4.69) is 42.8 Å². The summed E-state index contributed by atoms with van der Waals surface area (Å²) in [4.78, 5) is 11.3. The smallest absolute Gasteiger partial charge is 0.305 e. The number of aliphatic hydroxyl groups is 2. The van der Waals surface area contributed by atoms with Crippen LogP contribution in [0.5, 0.6) is 11.5 Å². The summed E-state index contributed by atoms with van der Waals surface area (Å²) in [6.45, 7) is 14.9. The maximum absolute atomic E-state index is 11.3. The fraction of sp³-hybridized carbons (Fsp3) is 0.581. The molecule has 2 rings (SSSR count). The molecular formula is C31H46O6. The minimum Gasteiger partial charge on any atom is -0.491 e. The van der Waals surface area contributed by atoms with E-state index in [0.29, 0.717) is 6.42 Å². The molecule has 0 spiro atoms. The Morgan fingerprint density at radius 3 is 1.76 bits per heavy atom. The molecule has 2 unspecified atom stereocenters. The zero-order chi connectivity index (χ0) is 27.8. The van der Waals surface area contributed by atoms with Crippen LogP contribution in [0.15, 0.2) is 36.4 Å². The minimum atomic E-state index is -0.739. The van der Waals surface area contributed by atoms with Gasteiger partial charge in [0.05, 0.1) is 19.3 Å². The number of carbonyl (C=O) groups excluding carboxylic acids is 1. The van der Waals surface area contributed by atoms with Gasteiger partial charge in [0.1, 0.15) is 24.7 Å². The van der Waals surface area contributed by atoms with Gasteiger partial charge in [-0.15, -0.1) is 0 Å². The van der Waals surface area contributed by atoms with Gasteiger partial charge in [0.2, 0.25) is 0 Å². The number of carbonyl (C=O) groups is 1. The zero-order valence-electron chi connectivity index (χ0n) is 23.9. The highest BCUT2D eigenvalue weighted by molar-refractivity contribution is 5.69. The Balaban J connectivity index is 2.21. The van der Waals surface area contributed by atoms with Crippen molar-refractivity contribution < 1.29 is 29.2 Å². The van der Waals surface area contributed by atoms with Gasteiger partial charge in [-0.2, -0.15) is 0 Å². The van der Waals surface area contributed by atoms with Crippen LogP contribution in [0.3, 0.4) is 0 Å². The SMILES string of the molecule is CCC(CC)(c1ccc(OCC(O)CCC(=O)OC)c(C)c1)c1ccc(OCC(O)C(C)(C)C)c(C)c1. The Kier molecular flexibility index (Phi) is 11.0. The minimum absolute atomic E-state index is 0.119. The van der Waals surface area contributed by atoms with E-state index in [0.717, 1.165) is 35.5 Å². The predicted octanol–water partition coefficient (Wildman–Crippen LogP) is 5.89. The number of methoxy groups -OCH3 is 1. The van der Waals surface area contributed by atoms with Crippen LogP contribution in [-0.4, -0.2) is 48.7 Å². The first-order valence-electron chi connectivity index (χ1n) is 13.3. The molecule has 0 radical (unpaired) electrons. The molecule has 0 saturated carbocycles. The Morgan fingerprint density at radius 2 is 1.35 bits per heavy atom. The Labute approximate surface area is 223 Å². The van der Waals surface area contributed by atoms with Crippen molar-refractivity contribution in [3.05, 3.63) is 58.7 Å². The fourth-order valence-corrected chi connectivity index (χ4v) is 4.53. The summed E-state index contributed by atoms with van der Waals surface area (Å²) in [5, 5.41) is 20.5.